The minimum Gasteiger partial charge on any atom is -0.326 e. The second-order valence-electron chi connectivity index (χ2n) is 7.81. The van der Waals surface area contributed by atoms with E-state index in [0.717, 1.165) is 35.6 Å². The Morgan fingerprint density at radius 2 is 2.00 bits per heavy atom. The van der Waals surface area contributed by atoms with E-state index < -0.39 is 9.84 Å². The third-order valence-electron chi connectivity index (χ3n) is 5.55. The number of aromatic nitrogens is 4. The summed E-state index contributed by atoms with van der Waals surface area (Å²) in [5.41, 5.74) is 3.21. The number of carbonyl (C=O) groups is 1. The van der Waals surface area contributed by atoms with Gasteiger partial charge in [0.2, 0.25) is 0 Å². The maximum atomic E-state index is 13.2. The average molecular weight is 427 g/mol. The van der Waals surface area contributed by atoms with Gasteiger partial charge >= 0.3 is 0 Å². The number of fused-ring (bicyclic) bond motifs is 2. The van der Waals surface area contributed by atoms with Crippen molar-refractivity contribution in [2.75, 3.05) is 30.0 Å². The van der Waals surface area contributed by atoms with Crippen LogP contribution in [0.3, 0.4) is 0 Å². The Bertz CT molecular complexity index is 1230. The molecule has 1 saturated heterocycles. The van der Waals surface area contributed by atoms with Crippen LogP contribution in [0.1, 0.15) is 24.0 Å². The number of imidazole rings is 1. The highest BCUT2D eigenvalue weighted by Gasteiger charge is 2.46. The van der Waals surface area contributed by atoms with Crippen molar-refractivity contribution >= 4 is 32.5 Å². The van der Waals surface area contributed by atoms with Gasteiger partial charge in [0.1, 0.15) is 28.0 Å². The summed E-state index contributed by atoms with van der Waals surface area (Å²) < 4.78 is 25.2. The van der Waals surface area contributed by atoms with Gasteiger partial charge in [-0.1, -0.05) is 12.1 Å². The summed E-state index contributed by atoms with van der Waals surface area (Å²) in [7, 11) is -3.04. The Balaban J connectivity index is 1.49. The van der Waals surface area contributed by atoms with E-state index in [1.54, 1.807) is 11.1 Å². The average Bonchev–Trinajstić information content (AvgIpc) is 3.42. The first-order chi connectivity index (χ1) is 14.4. The summed E-state index contributed by atoms with van der Waals surface area (Å²) in [6.45, 7) is 2.57. The Labute approximate surface area is 174 Å². The van der Waals surface area contributed by atoms with Gasteiger partial charge in [-0.2, -0.15) is 0 Å². The predicted octanol–water partition coefficient (Wildman–Crippen LogP) is 1.16. The molecule has 1 fully saturated rings. The van der Waals surface area contributed by atoms with E-state index in [4.69, 9.17) is 4.98 Å². The molecule has 1 unspecified atom stereocenters. The van der Waals surface area contributed by atoms with Crippen molar-refractivity contribution in [3.63, 3.8) is 0 Å². The molecule has 2 aliphatic rings. The molecule has 4 heterocycles. The lowest BCUT2D eigenvalue weighted by Crippen LogP contribution is -2.32. The second kappa shape index (κ2) is 7.13. The van der Waals surface area contributed by atoms with Crippen molar-refractivity contribution < 1.29 is 13.2 Å². The van der Waals surface area contributed by atoms with Gasteiger partial charge in [-0.25, -0.2) is 23.4 Å². The summed E-state index contributed by atoms with van der Waals surface area (Å²) in [6, 6.07) is 7.38. The molecule has 1 atom stereocenters. The van der Waals surface area contributed by atoms with Crippen LogP contribution in [0.2, 0.25) is 0 Å². The normalized spacial score (nSPS) is 18.9. The zero-order valence-electron chi connectivity index (χ0n) is 16.6. The predicted molar refractivity (Wildman–Crippen MR) is 112 cm³/mol. The molecular formula is C20H22N6O3S. The van der Waals surface area contributed by atoms with Crippen molar-refractivity contribution in [1.82, 2.24) is 24.4 Å². The van der Waals surface area contributed by atoms with E-state index in [0.29, 0.717) is 18.7 Å². The van der Waals surface area contributed by atoms with Gasteiger partial charge in [-0.3, -0.25) is 14.6 Å². The van der Waals surface area contributed by atoms with E-state index in [9.17, 15) is 13.2 Å². The lowest BCUT2D eigenvalue weighted by Gasteiger charge is -2.18. The standard InChI is InChI=1S/C20H22N6O3S/c1-30(28,29)10-4-7-25-15-6-3-2-5-14(15)23-17(25)12-26-16-11-21-13-22-18(16)19(20(26)27)24-8-9-24/h2-3,5-6,11,13,19H,4,7-10,12H2,1H3. The SMILES string of the molecule is CS(=O)(=O)CCCn1c(CN2C(=O)C(N3CC3)c3ncncc32)nc2ccccc21. The monoisotopic (exact) mass is 426 g/mol. The van der Waals surface area contributed by atoms with E-state index >= 15 is 0 Å². The maximum Gasteiger partial charge on any atom is 0.251 e. The number of benzene rings is 1. The quantitative estimate of drug-likeness (QED) is 0.523. The number of carbonyl (C=O) groups excluding carboxylic acids is 1. The molecule has 1 amide bonds. The molecule has 10 heteroatoms. The zero-order valence-corrected chi connectivity index (χ0v) is 17.4. The van der Waals surface area contributed by atoms with Crippen molar-refractivity contribution in [3.8, 4) is 0 Å². The summed E-state index contributed by atoms with van der Waals surface area (Å²) in [5, 5.41) is 0. The molecule has 2 aromatic heterocycles. The van der Waals surface area contributed by atoms with E-state index in [-0.39, 0.29) is 24.2 Å². The third kappa shape index (κ3) is 3.46. The number of para-hydroxylation sites is 2. The fourth-order valence-electron chi connectivity index (χ4n) is 4.06. The van der Waals surface area contributed by atoms with Crippen LogP contribution in [0, 0.1) is 0 Å². The Morgan fingerprint density at radius 1 is 1.20 bits per heavy atom. The van der Waals surface area contributed by atoms with Gasteiger partial charge < -0.3 is 4.57 Å². The van der Waals surface area contributed by atoms with Crippen LogP contribution in [-0.2, 0) is 27.7 Å². The molecule has 30 heavy (non-hydrogen) atoms. The number of hydrogen-bond donors (Lipinski definition) is 0. The van der Waals surface area contributed by atoms with E-state index in [2.05, 4.69) is 14.9 Å². The summed E-state index contributed by atoms with van der Waals surface area (Å²) in [5.74, 6) is 0.812. The molecule has 0 radical (unpaired) electrons. The van der Waals surface area contributed by atoms with Crippen LogP contribution < -0.4 is 4.90 Å². The molecule has 1 aromatic carbocycles. The number of sulfone groups is 1. The highest BCUT2D eigenvalue weighted by atomic mass is 32.2. The number of aryl methyl sites for hydroxylation is 1. The molecule has 0 spiro atoms. The largest absolute Gasteiger partial charge is 0.326 e. The maximum absolute atomic E-state index is 13.2. The number of nitrogens with zero attached hydrogens (tertiary/aromatic N) is 6. The minimum absolute atomic E-state index is 0.0160. The van der Waals surface area contributed by atoms with Crippen molar-refractivity contribution in [3.05, 3.63) is 48.3 Å². The number of hydrogen-bond acceptors (Lipinski definition) is 7. The first-order valence-electron chi connectivity index (χ1n) is 9.89. The molecule has 156 valence electrons. The molecular weight excluding hydrogens is 404 g/mol. The second-order valence-corrected chi connectivity index (χ2v) is 10.1. The molecule has 0 saturated carbocycles. The summed E-state index contributed by atoms with van der Waals surface area (Å²) in [4.78, 5) is 30.3. The smallest absolute Gasteiger partial charge is 0.251 e. The van der Waals surface area contributed by atoms with Crippen LogP contribution in [-0.4, -0.2) is 63.8 Å². The highest BCUT2D eigenvalue weighted by Crippen LogP contribution is 2.40. The lowest BCUT2D eigenvalue weighted by molar-refractivity contribution is -0.121. The molecule has 0 N–H and O–H groups in total. The van der Waals surface area contributed by atoms with Gasteiger partial charge in [0, 0.05) is 25.9 Å². The molecule has 0 bridgehead atoms. The fraction of sp³-hybridized carbons (Fsp3) is 0.400. The minimum atomic E-state index is -3.04. The van der Waals surface area contributed by atoms with Crippen LogP contribution in [0.4, 0.5) is 5.69 Å². The van der Waals surface area contributed by atoms with Crippen molar-refractivity contribution in [2.45, 2.75) is 25.6 Å². The zero-order chi connectivity index (χ0) is 20.9. The third-order valence-corrected chi connectivity index (χ3v) is 6.58. The topological polar surface area (TPSA) is 101 Å². The van der Waals surface area contributed by atoms with Crippen molar-refractivity contribution in [2.24, 2.45) is 0 Å². The highest BCUT2D eigenvalue weighted by molar-refractivity contribution is 7.90. The molecule has 5 rings (SSSR count). The fourth-order valence-corrected chi connectivity index (χ4v) is 4.72. The van der Waals surface area contributed by atoms with Gasteiger partial charge in [0.15, 0.2) is 0 Å². The molecule has 2 aliphatic heterocycles. The van der Waals surface area contributed by atoms with Crippen LogP contribution in [0.5, 0.6) is 0 Å². The van der Waals surface area contributed by atoms with Gasteiger partial charge in [0.05, 0.1) is 40.9 Å². The summed E-state index contributed by atoms with van der Waals surface area (Å²) in [6.07, 6.45) is 4.89. The van der Waals surface area contributed by atoms with E-state index in [1.807, 2.05) is 28.8 Å². The van der Waals surface area contributed by atoms with E-state index in [1.165, 1.54) is 12.6 Å². The Kier molecular flexibility index (Phi) is 4.55. The van der Waals surface area contributed by atoms with Crippen molar-refractivity contribution in [1.29, 1.82) is 0 Å². The molecule has 3 aromatic rings. The van der Waals surface area contributed by atoms with Crippen LogP contribution >= 0.6 is 0 Å². The van der Waals surface area contributed by atoms with Gasteiger partial charge in [0.25, 0.3) is 5.91 Å². The first kappa shape index (κ1) is 19.1. The Hall–Kier alpha value is -2.85. The van der Waals surface area contributed by atoms with Gasteiger partial charge in [-0.15, -0.1) is 0 Å². The van der Waals surface area contributed by atoms with Gasteiger partial charge in [-0.05, 0) is 18.6 Å². The Morgan fingerprint density at radius 3 is 2.77 bits per heavy atom. The lowest BCUT2D eigenvalue weighted by atomic mass is 10.2. The summed E-state index contributed by atoms with van der Waals surface area (Å²) >= 11 is 0. The number of amides is 1. The molecule has 9 nitrogen and oxygen atoms in total. The number of anilines is 1. The first-order valence-corrected chi connectivity index (χ1v) is 12.0. The van der Waals surface area contributed by atoms with Crippen LogP contribution in [0.25, 0.3) is 11.0 Å². The van der Waals surface area contributed by atoms with Crippen LogP contribution in [0.15, 0.2) is 36.8 Å². The molecule has 0 aliphatic carbocycles. The number of rotatable bonds is 7.